The van der Waals surface area contributed by atoms with Gasteiger partial charge in [0.15, 0.2) is 0 Å². The summed E-state index contributed by atoms with van der Waals surface area (Å²) in [6.45, 7) is 15.7. The largest absolute Gasteiger partial charge is 0.386 e. The molecule has 0 fully saturated rings. The Morgan fingerprint density at radius 3 is 1.55 bits per heavy atom. The third-order valence-corrected chi connectivity index (χ3v) is 0.848. The molecule has 0 aromatic rings. The normalized spacial score (nSPS) is 9.09. The van der Waals surface area contributed by atoms with E-state index >= 15 is 0 Å². The zero-order chi connectivity index (χ0) is 9.49. The molecule has 0 aliphatic carbocycles. The molecule has 0 spiro atoms. The van der Waals surface area contributed by atoms with Gasteiger partial charge in [-0.3, -0.25) is 0 Å². The van der Waals surface area contributed by atoms with Gasteiger partial charge in [-0.25, -0.2) is 0 Å². The standard InChI is InChI=1S/C5H10O.C5H8/c1-4-5(2,3)6;1-4-5(2)3/h4,6H,1H2,2-3H3;4H,1-2H2,3H3. The van der Waals surface area contributed by atoms with Gasteiger partial charge in [0.1, 0.15) is 0 Å². The van der Waals surface area contributed by atoms with E-state index in [-0.39, 0.29) is 0 Å². The number of hydrogen-bond acceptors (Lipinski definition) is 1. The van der Waals surface area contributed by atoms with Gasteiger partial charge in [-0.05, 0) is 20.8 Å². The predicted octanol–water partition coefficient (Wildman–Crippen LogP) is 2.69. The van der Waals surface area contributed by atoms with Gasteiger partial charge in [0, 0.05) is 0 Å². The lowest BCUT2D eigenvalue weighted by atomic mass is 10.1. The Morgan fingerprint density at radius 2 is 1.55 bits per heavy atom. The summed E-state index contributed by atoms with van der Waals surface area (Å²) in [5.74, 6) is 0. The fraction of sp³-hybridized carbons (Fsp3) is 0.400. The molecule has 1 heteroatoms. The van der Waals surface area contributed by atoms with Crippen LogP contribution in [0.5, 0.6) is 0 Å². The lowest BCUT2D eigenvalue weighted by Crippen LogP contribution is -2.12. The van der Waals surface area contributed by atoms with Crippen molar-refractivity contribution in [2.75, 3.05) is 0 Å². The van der Waals surface area contributed by atoms with Gasteiger partial charge in [-0.1, -0.05) is 30.9 Å². The molecule has 0 aliphatic heterocycles. The average Bonchev–Trinajstić information content (AvgIpc) is 1.88. The third-order valence-electron chi connectivity index (χ3n) is 0.848. The van der Waals surface area contributed by atoms with Crippen LogP contribution < -0.4 is 0 Å². The quantitative estimate of drug-likeness (QED) is 0.479. The molecule has 0 bridgehead atoms. The summed E-state index contributed by atoms with van der Waals surface area (Å²) in [5.41, 5.74) is 0.324. The van der Waals surface area contributed by atoms with Gasteiger partial charge in [0.2, 0.25) is 0 Å². The van der Waals surface area contributed by atoms with Crippen LogP contribution in [-0.4, -0.2) is 10.7 Å². The maximum Gasteiger partial charge on any atom is 0.0769 e. The summed E-state index contributed by atoms with van der Waals surface area (Å²) >= 11 is 0. The fourth-order valence-corrected chi connectivity index (χ4v) is 0. The molecular formula is C10H18O. The molecule has 0 saturated heterocycles. The highest BCUT2D eigenvalue weighted by molar-refractivity contribution is 5.05. The van der Waals surface area contributed by atoms with Crippen molar-refractivity contribution in [3.8, 4) is 0 Å². The maximum atomic E-state index is 8.71. The first-order valence-corrected chi connectivity index (χ1v) is 3.47. The number of allylic oxidation sites excluding steroid dienone is 2. The van der Waals surface area contributed by atoms with Gasteiger partial charge >= 0.3 is 0 Å². The Bertz CT molecular complexity index is 137. The van der Waals surface area contributed by atoms with Crippen molar-refractivity contribution in [1.82, 2.24) is 0 Å². The molecule has 0 radical (unpaired) electrons. The summed E-state index contributed by atoms with van der Waals surface area (Å²) in [5, 5.41) is 8.71. The molecular weight excluding hydrogens is 136 g/mol. The molecule has 1 N–H and O–H groups in total. The predicted molar refractivity (Wildman–Crippen MR) is 51.5 cm³/mol. The minimum atomic E-state index is -0.694. The maximum absolute atomic E-state index is 8.71. The van der Waals surface area contributed by atoms with E-state index in [1.807, 2.05) is 6.92 Å². The van der Waals surface area contributed by atoms with Crippen LogP contribution in [0.3, 0.4) is 0 Å². The zero-order valence-corrected chi connectivity index (χ0v) is 7.72. The number of aliphatic hydroxyl groups is 1. The monoisotopic (exact) mass is 154 g/mol. The van der Waals surface area contributed by atoms with E-state index in [1.165, 1.54) is 6.08 Å². The van der Waals surface area contributed by atoms with Crippen molar-refractivity contribution in [3.63, 3.8) is 0 Å². The second kappa shape index (κ2) is 5.93. The van der Waals surface area contributed by atoms with Crippen LogP contribution in [0.1, 0.15) is 20.8 Å². The first-order chi connectivity index (χ1) is 4.83. The van der Waals surface area contributed by atoms with Crippen molar-refractivity contribution in [2.45, 2.75) is 26.4 Å². The van der Waals surface area contributed by atoms with Crippen LogP contribution in [-0.2, 0) is 0 Å². The smallest absolute Gasteiger partial charge is 0.0769 e. The summed E-state index contributed by atoms with van der Waals surface area (Å²) in [7, 11) is 0. The first-order valence-electron chi connectivity index (χ1n) is 3.47. The number of hydrogen-bond donors (Lipinski definition) is 1. The van der Waals surface area contributed by atoms with E-state index < -0.39 is 5.60 Å². The molecule has 0 unspecified atom stereocenters. The average molecular weight is 154 g/mol. The summed E-state index contributed by atoms with van der Waals surface area (Å²) in [4.78, 5) is 0. The van der Waals surface area contributed by atoms with Crippen molar-refractivity contribution in [2.24, 2.45) is 0 Å². The van der Waals surface area contributed by atoms with E-state index in [1.54, 1.807) is 19.9 Å². The Balaban J connectivity index is 0. The Hall–Kier alpha value is -0.820. The molecule has 1 nitrogen and oxygen atoms in total. The van der Waals surface area contributed by atoms with Crippen molar-refractivity contribution >= 4 is 0 Å². The summed E-state index contributed by atoms with van der Waals surface area (Å²) in [6.07, 6.45) is 3.22. The molecule has 0 aromatic heterocycles. The highest BCUT2D eigenvalue weighted by Crippen LogP contribution is 1.98. The first kappa shape index (κ1) is 12.8. The van der Waals surface area contributed by atoms with Gasteiger partial charge in [-0.2, -0.15) is 0 Å². The van der Waals surface area contributed by atoms with Gasteiger partial charge in [0.25, 0.3) is 0 Å². The molecule has 64 valence electrons. The molecule has 0 saturated carbocycles. The summed E-state index contributed by atoms with van der Waals surface area (Å²) in [6, 6.07) is 0. The molecule has 0 amide bonds. The van der Waals surface area contributed by atoms with E-state index in [9.17, 15) is 0 Å². The van der Waals surface area contributed by atoms with Crippen molar-refractivity contribution in [3.05, 3.63) is 37.5 Å². The lowest BCUT2D eigenvalue weighted by molar-refractivity contribution is 0.133. The second-order valence-electron chi connectivity index (χ2n) is 2.91. The summed E-state index contributed by atoms with van der Waals surface area (Å²) < 4.78 is 0. The zero-order valence-electron chi connectivity index (χ0n) is 7.72. The van der Waals surface area contributed by atoms with Crippen LogP contribution in [0.2, 0.25) is 0 Å². The Morgan fingerprint density at radius 1 is 1.36 bits per heavy atom. The third kappa shape index (κ3) is 27.1. The van der Waals surface area contributed by atoms with Crippen molar-refractivity contribution < 1.29 is 5.11 Å². The van der Waals surface area contributed by atoms with Gasteiger partial charge in [-0.15, -0.1) is 6.58 Å². The minimum absolute atomic E-state index is 0.694. The van der Waals surface area contributed by atoms with E-state index in [0.29, 0.717) is 0 Å². The van der Waals surface area contributed by atoms with Crippen LogP contribution in [0.15, 0.2) is 37.5 Å². The van der Waals surface area contributed by atoms with E-state index in [2.05, 4.69) is 19.7 Å². The van der Waals surface area contributed by atoms with Crippen LogP contribution in [0.25, 0.3) is 0 Å². The Kier molecular flexibility index (Phi) is 6.91. The molecule has 0 aliphatic rings. The van der Waals surface area contributed by atoms with Crippen LogP contribution in [0, 0.1) is 0 Å². The van der Waals surface area contributed by atoms with E-state index in [4.69, 9.17) is 5.11 Å². The molecule has 0 rings (SSSR count). The minimum Gasteiger partial charge on any atom is -0.386 e. The molecule has 0 atom stereocenters. The van der Waals surface area contributed by atoms with Gasteiger partial charge in [0.05, 0.1) is 5.60 Å². The van der Waals surface area contributed by atoms with Crippen LogP contribution in [0.4, 0.5) is 0 Å². The van der Waals surface area contributed by atoms with E-state index in [0.717, 1.165) is 5.57 Å². The highest BCUT2D eigenvalue weighted by Gasteiger charge is 2.02. The fourth-order valence-electron chi connectivity index (χ4n) is 0. The molecule has 0 aromatic carbocycles. The number of rotatable bonds is 2. The second-order valence-corrected chi connectivity index (χ2v) is 2.91. The molecule has 11 heavy (non-hydrogen) atoms. The van der Waals surface area contributed by atoms with Gasteiger partial charge < -0.3 is 5.11 Å². The Labute approximate surface area is 69.8 Å². The topological polar surface area (TPSA) is 20.2 Å². The highest BCUT2D eigenvalue weighted by atomic mass is 16.3. The molecule has 0 heterocycles. The SMILES string of the molecule is C=CC(=C)C.C=CC(C)(C)O. The van der Waals surface area contributed by atoms with Crippen LogP contribution >= 0.6 is 0 Å². The van der Waals surface area contributed by atoms with Crippen molar-refractivity contribution in [1.29, 1.82) is 0 Å². The lowest BCUT2D eigenvalue weighted by Gasteiger charge is -2.07.